The SMILES string of the molecule is Cc1cc(C(C)NC(C)c2cccc(N3CCOC3=O)c2)c(C)o1. The lowest BCUT2D eigenvalue weighted by Gasteiger charge is -2.22. The van der Waals surface area contributed by atoms with Crippen LogP contribution < -0.4 is 10.2 Å². The molecular weight excluding hydrogens is 304 g/mol. The normalized spacial score (nSPS) is 17.0. The number of carbonyl (C=O) groups is 1. The first kappa shape index (κ1) is 16.6. The van der Waals surface area contributed by atoms with E-state index in [1.165, 1.54) is 5.56 Å². The summed E-state index contributed by atoms with van der Waals surface area (Å²) < 4.78 is 10.6. The third kappa shape index (κ3) is 3.31. The van der Waals surface area contributed by atoms with Crippen molar-refractivity contribution in [3.8, 4) is 0 Å². The van der Waals surface area contributed by atoms with E-state index >= 15 is 0 Å². The molecule has 0 saturated carbocycles. The molecule has 0 spiro atoms. The molecule has 1 aliphatic rings. The van der Waals surface area contributed by atoms with Crippen LogP contribution in [-0.4, -0.2) is 19.2 Å². The number of hydrogen-bond donors (Lipinski definition) is 1. The van der Waals surface area contributed by atoms with E-state index in [-0.39, 0.29) is 18.2 Å². The zero-order valence-corrected chi connectivity index (χ0v) is 14.6. The Labute approximate surface area is 142 Å². The van der Waals surface area contributed by atoms with E-state index in [0.29, 0.717) is 13.2 Å². The smallest absolute Gasteiger partial charge is 0.414 e. The number of aryl methyl sites for hydroxylation is 2. The number of amides is 1. The van der Waals surface area contributed by atoms with Gasteiger partial charge in [-0.1, -0.05) is 12.1 Å². The van der Waals surface area contributed by atoms with E-state index in [0.717, 1.165) is 22.8 Å². The molecule has 1 saturated heterocycles. The molecule has 2 aromatic rings. The summed E-state index contributed by atoms with van der Waals surface area (Å²) in [5.74, 6) is 1.88. The van der Waals surface area contributed by atoms with Gasteiger partial charge in [-0.05, 0) is 51.5 Å². The second-order valence-corrected chi connectivity index (χ2v) is 6.34. The number of nitrogens with one attached hydrogen (secondary N) is 1. The highest BCUT2D eigenvalue weighted by Gasteiger charge is 2.24. The Balaban J connectivity index is 1.74. The van der Waals surface area contributed by atoms with Gasteiger partial charge in [0, 0.05) is 23.3 Å². The minimum absolute atomic E-state index is 0.146. The van der Waals surface area contributed by atoms with Gasteiger partial charge in [-0.2, -0.15) is 0 Å². The van der Waals surface area contributed by atoms with Crippen molar-refractivity contribution in [1.29, 1.82) is 0 Å². The second-order valence-electron chi connectivity index (χ2n) is 6.34. The van der Waals surface area contributed by atoms with Crippen LogP contribution in [0, 0.1) is 13.8 Å². The molecule has 1 aliphatic heterocycles. The molecule has 0 aliphatic carbocycles. The third-order valence-corrected chi connectivity index (χ3v) is 4.49. The first-order valence-electron chi connectivity index (χ1n) is 8.33. The van der Waals surface area contributed by atoms with Gasteiger partial charge in [0.1, 0.15) is 18.1 Å². The summed E-state index contributed by atoms with van der Waals surface area (Å²) >= 11 is 0. The van der Waals surface area contributed by atoms with Crippen molar-refractivity contribution < 1.29 is 13.9 Å². The molecule has 2 unspecified atom stereocenters. The van der Waals surface area contributed by atoms with E-state index in [9.17, 15) is 4.79 Å². The van der Waals surface area contributed by atoms with Gasteiger partial charge in [0.05, 0.1) is 6.54 Å². The molecule has 0 bridgehead atoms. The summed E-state index contributed by atoms with van der Waals surface area (Å²) in [7, 11) is 0. The summed E-state index contributed by atoms with van der Waals surface area (Å²) in [6.45, 7) is 9.27. The maximum absolute atomic E-state index is 11.7. The Bertz CT molecular complexity index is 738. The van der Waals surface area contributed by atoms with Gasteiger partial charge < -0.3 is 14.5 Å². The molecule has 2 heterocycles. The van der Waals surface area contributed by atoms with E-state index in [1.807, 2.05) is 32.0 Å². The maximum Gasteiger partial charge on any atom is 0.414 e. The lowest BCUT2D eigenvalue weighted by atomic mass is 10.0. The second kappa shape index (κ2) is 6.69. The van der Waals surface area contributed by atoms with Crippen LogP contribution in [0.5, 0.6) is 0 Å². The number of rotatable bonds is 5. The van der Waals surface area contributed by atoms with E-state index in [1.54, 1.807) is 4.90 Å². The average Bonchev–Trinajstić information content (AvgIpc) is 3.12. The van der Waals surface area contributed by atoms with Gasteiger partial charge in [-0.25, -0.2) is 4.79 Å². The Kier molecular flexibility index (Phi) is 4.62. The molecule has 1 amide bonds. The van der Waals surface area contributed by atoms with Crippen LogP contribution in [0.25, 0.3) is 0 Å². The summed E-state index contributed by atoms with van der Waals surface area (Å²) in [5.41, 5.74) is 3.20. The standard InChI is InChI=1S/C19H24N2O3/c1-12-10-18(15(4)24-12)14(3)20-13(2)16-6-5-7-17(11-16)21-8-9-23-19(21)22/h5-7,10-11,13-14,20H,8-9H2,1-4H3. The summed E-state index contributed by atoms with van der Waals surface area (Å²) in [6.07, 6.45) is -0.273. The molecule has 1 aromatic heterocycles. The van der Waals surface area contributed by atoms with Crippen LogP contribution >= 0.6 is 0 Å². The first-order chi connectivity index (χ1) is 11.5. The molecule has 5 nitrogen and oxygen atoms in total. The molecule has 2 atom stereocenters. The molecule has 128 valence electrons. The molecule has 3 rings (SSSR count). The van der Waals surface area contributed by atoms with Crippen molar-refractivity contribution >= 4 is 11.8 Å². The van der Waals surface area contributed by atoms with Crippen LogP contribution in [0.15, 0.2) is 34.7 Å². The zero-order valence-electron chi connectivity index (χ0n) is 14.6. The number of furan rings is 1. The molecule has 5 heteroatoms. The topological polar surface area (TPSA) is 54.7 Å². The molecule has 24 heavy (non-hydrogen) atoms. The van der Waals surface area contributed by atoms with Gasteiger partial charge in [0.25, 0.3) is 0 Å². The number of carbonyl (C=O) groups excluding carboxylic acids is 1. The Morgan fingerprint density at radius 1 is 1.17 bits per heavy atom. The van der Waals surface area contributed by atoms with Crippen LogP contribution in [0.1, 0.15) is 48.6 Å². The third-order valence-electron chi connectivity index (χ3n) is 4.49. The number of anilines is 1. The zero-order chi connectivity index (χ0) is 17.3. The highest BCUT2D eigenvalue weighted by Crippen LogP contribution is 2.27. The van der Waals surface area contributed by atoms with Crippen LogP contribution in [0.3, 0.4) is 0 Å². The lowest BCUT2D eigenvalue weighted by molar-refractivity contribution is 0.181. The van der Waals surface area contributed by atoms with E-state index < -0.39 is 0 Å². The number of benzene rings is 1. The Morgan fingerprint density at radius 2 is 1.96 bits per heavy atom. The van der Waals surface area contributed by atoms with Gasteiger partial charge in [-0.3, -0.25) is 4.90 Å². The summed E-state index contributed by atoms with van der Waals surface area (Å²) in [6, 6.07) is 10.4. The van der Waals surface area contributed by atoms with Crippen LogP contribution in [0.2, 0.25) is 0 Å². The van der Waals surface area contributed by atoms with Crippen molar-refractivity contribution in [2.45, 2.75) is 39.8 Å². The lowest BCUT2D eigenvalue weighted by Crippen LogP contribution is -2.25. The van der Waals surface area contributed by atoms with E-state index in [4.69, 9.17) is 9.15 Å². The van der Waals surface area contributed by atoms with Crippen molar-refractivity contribution in [1.82, 2.24) is 5.32 Å². The van der Waals surface area contributed by atoms with Gasteiger partial charge >= 0.3 is 6.09 Å². The fourth-order valence-electron chi connectivity index (χ4n) is 3.23. The quantitative estimate of drug-likeness (QED) is 0.891. The monoisotopic (exact) mass is 328 g/mol. The maximum atomic E-state index is 11.7. The highest BCUT2D eigenvalue weighted by molar-refractivity contribution is 5.89. The van der Waals surface area contributed by atoms with Gasteiger partial charge in [0.15, 0.2) is 0 Å². The number of cyclic esters (lactones) is 1. The Hall–Kier alpha value is -2.27. The van der Waals surface area contributed by atoms with E-state index in [2.05, 4.69) is 31.3 Å². The number of nitrogens with zero attached hydrogens (tertiary/aromatic N) is 1. The van der Waals surface area contributed by atoms with Crippen molar-refractivity contribution in [3.63, 3.8) is 0 Å². The minimum atomic E-state index is -0.273. The van der Waals surface area contributed by atoms with Gasteiger partial charge in [0.2, 0.25) is 0 Å². The van der Waals surface area contributed by atoms with Crippen molar-refractivity contribution in [2.24, 2.45) is 0 Å². The average molecular weight is 328 g/mol. The summed E-state index contributed by atoms with van der Waals surface area (Å²) in [4.78, 5) is 13.4. The van der Waals surface area contributed by atoms with Gasteiger partial charge in [-0.15, -0.1) is 0 Å². The fourth-order valence-corrected chi connectivity index (χ4v) is 3.23. The van der Waals surface area contributed by atoms with Crippen molar-refractivity contribution in [2.75, 3.05) is 18.1 Å². The Morgan fingerprint density at radius 3 is 2.58 bits per heavy atom. The molecule has 0 radical (unpaired) electrons. The van der Waals surface area contributed by atoms with Crippen molar-refractivity contribution in [3.05, 3.63) is 53.0 Å². The largest absolute Gasteiger partial charge is 0.466 e. The fraction of sp³-hybridized carbons (Fsp3) is 0.421. The first-order valence-corrected chi connectivity index (χ1v) is 8.33. The predicted molar refractivity (Wildman–Crippen MR) is 93.3 cm³/mol. The molecule has 1 fully saturated rings. The number of hydrogen-bond acceptors (Lipinski definition) is 4. The minimum Gasteiger partial charge on any atom is -0.466 e. The molecule has 1 N–H and O–H groups in total. The predicted octanol–water partition coefficient (Wildman–Crippen LogP) is 4.26. The van der Waals surface area contributed by atoms with Crippen LogP contribution in [0.4, 0.5) is 10.5 Å². The molecule has 1 aromatic carbocycles. The highest BCUT2D eigenvalue weighted by atomic mass is 16.6. The number of ether oxygens (including phenoxy) is 1. The summed E-state index contributed by atoms with van der Waals surface area (Å²) in [5, 5.41) is 3.60. The van der Waals surface area contributed by atoms with Crippen LogP contribution in [-0.2, 0) is 4.74 Å². The molecular formula is C19H24N2O3.